The SMILES string of the molecule is CCn1nccc1C(N)C1COc2ccccc2C1. The average molecular weight is 257 g/mol. The highest BCUT2D eigenvalue weighted by atomic mass is 16.5. The fraction of sp³-hybridized carbons (Fsp3) is 0.400. The van der Waals surface area contributed by atoms with Gasteiger partial charge in [0.05, 0.1) is 18.3 Å². The summed E-state index contributed by atoms with van der Waals surface area (Å²) >= 11 is 0. The maximum atomic E-state index is 6.41. The Bertz CT molecular complexity index is 564. The highest BCUT2D eigenvalue weighted by Crippen LogP contribution is 2.32. The number of para-hydroxylation sites is 1. The van der Waals surface area contributed by atoms with Crippen LogP contribution in [0.15, 0.2) is 36.5 Å². The second kappa shape index (κ2) is 5.05. The summed E-state index contributed by atoms with van der Waals surface area (Å²) in [5.41, 5.74) is 8.75. The summed E-state index contributed by atoms with van der Waals surface area (Å²) in [7, 11) is 0. The number of rotatable bonds is 3. The van der Waals surface area contributed by atoms with Gasteiger partial charge >= 0.3 is 0 Å². The lowest BCUT2D eigenvalue weighted by Gasteiger charge is -2.29. The van der Waals surface area contributed by atoms with Crippen molar-refractivity contribution in [1.82, 2.24) is 9.78 Å². The Labute approximate surface area is 113 Å². The van der Waals surface area contributed by atoms with E-state index in [1.165, 1.54) is 5.56 Å². The van der Waals surface area contributed by atoms with Gasteiger partial charge in [0, 0.05) is 18.7 Å². The quantitative estimate of drug-likeness (QED) is 0.916. The molecule has 1 aliphatic rings. The van der Waals surface area contributed by atoms with Gasteiger partial charge in [-0.2, -0.15) is 5.10 Å². The van der Waals surface area contributed by atoms with E-state index in [9.17, 15) is 0 Å². The minimum absolute atomic E-state index is 0.0317. The van der Waals surface area contributed by atoms with Gasteiger partial charge in [-0.1, -0.05) is 18.2 Å². The van der Waals surface area contributed by atoms with Gasteiger partial charge in [0.1, 0.15) is 5.75 Å². The summed E-state index contributed by atoms with van der Waals surface area (Å²) in [5.74, 6) is 1.30. The van der Waals surface area contributed by atoms with Crippen LogP contribution in [0.1, 0.15) is 24.2 Å². The number of nitrogens with zero attached hydrogens (tertiary/aromatic N) is 2. The maximum Gasteiger partial charge on any atom is 0.122 e. The zero-order valence-electron chi connectivity index (χ0n) is 11.1. The van der Waals surface area contributed by atoms with Crippen LogP contribution in [0.4, 0.5) is 0 Å². The fourth-order valence-electron chi connectivity index (χ4n) is 2.71. The van der Waals surface area contributed by atoms with E-state index in [2.05, 4.69) is 18.1 Å². The van der Waals surface area contributed by atoms with Crippen LogP contribution in [0.3, 0.4) is 0 Å². The summed E-state index contributed by atoms with van der Waals surface area (Å²) in [6.07, 6.45) is 2.78. The first kappa shape index (κ1) is 12.2. The second-order valence-corrected chi connectivity index (χ2v) is 4.98. The molecule has 2 heterocycles. The lowest BCUT2D eigenvalue weighted by molar-refractivity contribution is 0.196. The fourth-order valence-corrected chi connectivity index (χ4v) is 2.71. The summed E-state index contributed by atoms with van der Waals surface area (Å²) < 4.78 is 7.78. The zero-order valence-corrected chi connectivity index (χ0v) is 11.1. The lowest BCUT2D eigenvalue weighted by Crippen LogP contribution is -2.32. The Morgan fingerprint density at radius 2 is 2.26 bits per heavy atom. The molecule has 2 aromatic rings. The van der Waals surface area contributed by atoms with Crippen molar-refractivity contribution in [2.75, 3.05) is 6.61 Å². The first-order valence-corrected chi connectivity index (χ1v) is 6.77. The number of aromatic nitrogens is 2. The number of ether oxygens (including phenoxy) is 1. The molecular formula is C15H19N3O. The largest absolute Gasteiger partial charge is 0.493 e. The number of nitrogens with two attached hydrogens (primary N) is 1. The molecule has 2 unspecified atom stereocenters. The zero-order chi connectivity index (χ0) is 13.2. The summed E-state index contributed by atoms with van der Waals surface area (Å²) in [4.78, 5) is 0. The first-order valence-electron chi connectivity index (χ1n) is 6.77. The van der Waals surface area contributed by atoms with Crippen molar-refractivity contribution in [1.29, 1.82) is 0 Å². The molecule has 3 rings (SSSR count). The van der Waals surface area contributed by atoms with Crippen LogP contribution >= 0.6 is 0 Å². The molecule has 19 heavy (non-hydrogen) atoms. The molecule has 0 radical (unpaired) electrons. The molecule has 100 valence electrons. The summed E-state index contributed by atoms with van der Waals surface area (Å²) in [6.45, 7) is 3.60. The van der Waals surface area contributed by atoms with Gasteiger partial charge < -0.3 is 10.5 Å². The average Bonchev–Trinajstić information content (AvgIpc) is 2.94. The van der Waals surface area contributed by atoms with E-state index in [-0.39, 0.29) is 6.04 Å². The van der Waals surface area contributed by atoms with Crippen molar-refractivity contribution in [2.24, 2.45) is 11.7 Å². The molecule has 4 heteroatoms. The molecule has 2 N–H and O–H groups in total. The molecule has 0 amide bonds. The summed E-state index contributed by atoms with van der Waals surface area (Å²) in [6, 6.07) is 10.2. The van der Waals surface area contributed by atoms with Gasteiger partial charge in [0.2, 0.25) is 0 Å². The number of hydrogen-bond donors (Lipinski definition) is 1. The topological polar surface area (TPSA) is 53.1 Å². The molecule has 1 aromatic heterocycles. The van der Waals surface area contributed by atoms with Crippen LogP contribution in [0, 0.1) is 5.92 Å². The van der Waals surface area contributed by atoms with E-state index in [0.29, 0.717) is 12.5 Å². The van der Waals surface area contributed by atoms with E-state index >= 15 is 0 Å². The van der Waals surface area contributed by atoms with E-state index in [1.54, 1.807) is 0 Å². The highest BCUT2D eigenvalue weighted by molar-refractivity contribution is 5.35. The minimum Gasteiger partial charge on any atom is -0.493 e. The monoisotopic (exact) mass is 257 g/mol. The van der Waals surface area contributed by atoms with Gasteiger partial charge in [0.25, 0.3) is 0 Å². The molecule has 0 saturated carbocycles. The number of benzene rings is 1. The Morgan fingerprint density at radius 1 is 1.42 bits per heavy atom. The molecule has 0 saturated heterocycles. The van der Waals surface area contributed by atoms with E-state index in [1.807, 2.05) is 35.1 Å². The van der Waals surface area contributed by atoms with E-state index < -0.39 is 0 Å². The minimum atomic E-state index is -0.0317. The standard InChI is InChI=1S/C15H19N3O/c1-2-18-13(7-8-17-18)15(16)12-9-11-5-3-4-6-14(11)19-10-12/h3-8,12,15H,2,9-10,16H2,1H3. The number of aryl methyl sites for hydroxylation is 1. The molecular weight excluding hydrogens is 238 g/mol. The van der Waals surface area contributed by atoms with Crippen LogP contribution in [0.5, 0.6) is 5.75 Å². The van der Waals surface area contributed by atoms with Crippen molar-refractivity contribution < 1.29 is 4.74 Å². The van der Waals surface area contributed by atoms with E-state index in [4.69, 9.17) is 10.5 Å². The predicted octanol–water partition coefficient (Wildman–Crippen LogP) is 2.15. The van der Waals surface area contributed by atoms with Gasteiger partial charge in [-0.05, 0) is 31.0 Å². The predicted molar refractivity (Wildman–Crippen MR) is 74.0 cm³/mol. The molecule has 1 aliphatic heterocycles. The third-order valence-corrected chi connectivity index (χ3v) is 3.81. The first-order chi connectivity index (χ1) is 9.29. The van der Waals surface area contributed by atoms with Crippen LogP contribution in [0.25, 0.3) is 0 Å². The molecule has 0 spiro atoms. The second-order valence-electron chi connectivity index (χ2n) is 4.98. The van der Waals surface area contributed by atoms with Crippen LogP contribution in [-0.2, 0) is 13.0 Å². The van der Waals surface area contributed by atoms with Gasteiger partial charge in [-0.3, -0.25) is 4.68 Å². The van der Waals surface area contributed by atoms with E-state index in [0.717, 1.165) is 24.4 Å². The van der Waals surface area contributed by atoms with Crippen LogP contribution < -0.4 is 10.5 Å². The molecule has 4 nitrogen and oxygen atoms in total. The molecule has 0 fully saturated rings. The smallest absolute Gasteiger partial charge is 0.122 e. The van der Waals surface area contributed by atoms with Crippen molar-refractivity contribution >= 4 is 0 Å². The molecule has 0 aliphatic carbocycles. The Hall–Kier alpha value is -1.81. The molecule has 1 aromatic carbocycles. The third-order valence-electron chi connectivity index (χ3n) is 3.81. The maximum absolute atomic E-state index is 6.41. The van der Waals surface area contributed by atoms with Crippen LogP contribution in [-0.4, -0.2) is 16.4 Å². The Morgan fingerprint density at radius 3 is 3.11 bits per heavy atom. The normalized spacial score (nSPS) is 19.6. The van der Waals surface area contributed by atoms with Crippen molar-refractivity contribution in [3.63, 3.8) is 0 Å². The highest BCUT2D eigenvalue weighted by Gasteiger charge is 2.27. The van der Waals surface area contributed by atoms with Crippen molar-refractivity contribution in [3.8, 4) is 5.75 Å². The van der Waals surface area contributed by atoms with Crippen molar-refractivity contribution in [3.05, 3.63) is 47.8 Å². The number of fused-ring (bicyclic) bond motifs is 1. The van der Waals surface area contributed by atoms with Crippen molar-refractivity contribution in [2.45, 2.75) is 25.9 Å². The Kier molecular flexibility index (Phi) is 3.25. The Balaban J connectivity index is 1.81. The molecule has 2 atom stereocenters. The van der Waals surface area contributed by atoms with Gasteiger partial charge in [-0.15, -0.1) is 0 Å². The van der Waals surface area contributed by atoms with Gasteiger partial charge in [0.15, 0.2) is 0 Å². The molecule has 0 bridgehead atoms. The van der Waals surface area contributed by atoms with Crippen LogP contribution in [0.2, 0.25) is 0 Å². The van der Waals surface area contributed by atoms with Gasteiger partial charge in [-0.25, -0.2) is 0 Å². The lowest BCUT2D eigenvalue weighted by atomic mass is 9.89. The number of hydrogen-bond acceptors (Lipinski definition) is 3. The summed E-state index contributed by atoms with van der Waals surface area (Å²) in [5, 5.41) is 4.29. The third kappa shape index (κ3) is 2.24.